The lowest BCUT2D eigenvalue weighted by Gasteiger charge is -2.33. The SMILES string of the molecule is Cc1cnccc1[C@@H]1CCCCN1C. The Morgan fingerprint density at radius 3 is 3.00 bits per heavy atom. The molecule has 14 heavy (non-hydrogen) atoms. The van der Waals surface area contributed by atoms with E-state index in [-0.39, 0.29) is 0 Å². The van der Waals surface area contributed by atoms with Gasteiger partial charge in [0, 0.05) is 18.4 Å². The molecule has 0 amide bonds. The van der Waals surface area contributed by atoms with Crippen LogP contribution < -0.4 is 0 Å². The molecule has 1 aromatic heterocycles. The second-order valence-corrected chi connectivity index (χ2v) is 4.22. The number of rotatable bonds is 1. The molecule has 0 aromatic carbocycles. The fraction of sp³-hybridized carbons (Fsp3) is 0.583. The van der Waals surface area contributed by atoms with E-state index in [1.165, 1.54) is 36.9 Å². The van der Waals surface area contributed by atoms with Crippen molar-refractivity contribution in [2.45, 2.75) is 32.2 Å². The van der Waals surface area contributed by atoms with Crippen LogP contribution in [0.2, 0.25) is 0 Å². The summed E-state index contributed by atoms with van der Waals surface area (Å²) in [6.45, 7) is 3.39. The van der Waals surface area contributed by atoms with E-state index in [9.17, 15) is 0 Å². The molecule has 0 bridgehead atoms. The molecule has 2 nitrogen and oxygen atoms in total. The minimum atomic E-state index is 0.617. The van der Waals surface area contributed by atoms with Crippen LogP contribution in [0.5, 0.6) is 0 Å². The van der Waals surface area contributed by atoms with Gasteiger partial charge in [-0.2, -0.15) is 0 Å². The molecule has 76 valence electrons. The van der Waals surface area contributed by atoms with Crippen molar-refractivity contribution in [3.8, 4) is 0 Å². The van der Waals surface area contributed by atoms with Gasteiger partial charge in [-0.25, -0.2) is 0 Å². The molecule has 2 heteroatoms. The first-order chi connectivity index (χ1) is 6.79. The summed E-state index contributed by atoms with van der Waals surface area (Å²) in [6.07, 6.45) is 7.87. The van der Waals surface area contributed by atoms with E-state index >= 15 is 0 Å². The predicted octanol–water partition coefficient (Wildman–Crippen LogP) is 2.55. The number of aryl methyl sites for hydroxylation is 1. The second kappa shape index (κ2) is 4.09. The maximum atomic E-state index is 4.15. The lowest BCUT2D eigenvalue weighted by atomic mass is 9.94. The predicted molar refractivity (Wildman–Crippen MR) is 58.2 cm³/mol. The highest BCUT2D eigenvalue weighted by molar-refractivity contribution is 5.25. The fourth-order valence-electron chi connectivity index (χ4n) is 2.33. The number of hydrogen-bond donors (Lipinski definition) is 0. The molecule has 1 fully saturated rings. The van der Waals surface area contributed by atoms with Gasteiger partial charge in [0.25, 0.3) is 0 Å². The van der Waals surface area contributed by atoms with E-state index in [0.29, 0.717) is 6.04 Å². The highest BCUT2D eigenvalue weighted by Gasteiger charge is 2.21. The van der Waals surface area contributed by atoms with Gasteiger partial charge >= 0.3 is 0 Å². The van der Waals surface area contributed by atoms with Crippen molar-refractivity contribution >= 4 is 0 Å². The summed E-state index contributed by atoms with van der Waals surface area (Å²) < 4.78 is 0. The van der Waals surface area contributed by atoms with E-state index < -0.39 is 0 Å². The van der Waals surface area contributed by atoms with Crippen LogP contribution in [-0.2, 0) is 0 Å². The lowest BCUT2D eigenvalue weighted by molar-refractivity contribution is 0.187. The summed E-state index contributed by atoms with van der Waals surface area (Å²) in [5.41, 5.74) is 2.79. The zero-order valence-corrected chi connectivity index (χ0v) is 9.03. The molecule has 0 unspecified atom stereocenters. The van der Waals surface area contributed by atoms with Gasteiger partial charge in [0.1, 0.15) is 0 Å². The number of pyridine rings is 1. The van der Waals surface area contributed by atoms with Crippen molar-refractivity contribution in [1.82, 2.24) is 9.88 Å². The monoisotopic (exact) mass is 190 g/mol. The molecular weight excluding hydrogens is 172 g/mol. The lowest BCUT2D eigenvalue weighted by Crippen LogP contribution is -2.30. The van der Waals surface area contributed by atoms with Gasteiger partial charge in [-0.05, 0) is 50.6 Å². The average Bonchev–Trinajstić information content (AvgIpc) is 2.20. The normalized spacial score (nSPS) is 23.7. The average molecular weight is 190 g/mol. The topological polar surface area (TPSA) is 16.1 Å². The summed E-state index contributed by atoms with van der Waals surface area (Å²) in [6, 6.07) is 2.79. The largest absolute Gasteiger partial charge is 0.299 e. The molecule has 1 aromatic rings. The highest BCUT2D eigenvalue weighted by Crippen LogP contribution is 2.30. The highest BCUT2D eigenvalue weighted by atomic mass is 15.1. The van der Waals surface area contributed by atoms with Gasteiger partial charge in [-0.1, -0.05) is 6.42 Å². The first-order valence-electron chi connectivity index (χ1n) is 5.40. The van der Waals surface area contributed by atoms with Crippen LogP contribution in [0.3, 0.4) is 0 Å². The van der Waals surface area contributed by atoms with Gasteiger partial charge in [0.15, 0.2) is 0 Å². The van der Waals surface area contributed by atoms with E-state index in [2.05, 4.69) is 29.9 Å². The third-order valence-corrected chi connectivity index (χ3v) is 3.19. The number of piperidine rings is 1. The zero-order chi connectivity index (χ0) is 9.97. The molecule has 2 rings (SSSR count). The van der Waals surface area contributed by atoms with E-state index in [1.54, 1.807) is 0 Å². The molecule has 0 saturated carbocycles. The molecule has 0 spiro atoms. The van der Waals surface area contributed by atoms with Gasteiger partial charge in [-0.15, -0.1) is 0 Å². The van der Waals surface area contributed by atoms with Crippen molar-refractivity contribution in [1.29, 1.82) is 0 Å². The number of aromatic nitrogens is 1. The van der Waals surface area contributed by atoms with Gasteiger partial charge < -0.3 is 0 Å². The van der Waals surface area contributed by atoms with Crippen LogP contribution in [0.15, 0.2) is 18.5 Å². The first kappa shape index (κ1) is 9.66. The van der Waals surface area contributed by atoms with Crippen LogP contribution in [0, 0.1) is 6.92 Å². The number of nitrogens with zero attached hydrogens (tertiary/aromatic N) is 2. The van der Waals surface area contributed by atoms with Crippen LogP contribution in [0.1, 0.15) is 36.4 Å². The van der Waals surface area contributed by atoms with E-state index in [1.807, 2.05) is 12.4 Å². The van der Waals surface area contributed by atoms with Crippen LogP contribution in [0.25, 0.3) is 0 Å². The Morgan fingerprint density at radius 2 is 2.29 bits per heavy atom. The maximum absolute atomic E-state index is 4.15. The number of likely N-dealkylation sites (tertiary alicyclic amines) is 1. The Hall–Kier alpha value is -0.890. The maximum Gasteiger partial charge on any atom is 0.0348 e. The molecule has 0 aliphatic carbocycles. The Kier molecular flexibility index (Phi) is 2.82. The quantitative estimate of drug-likeness (QED) is 0.676. The van der Waals surface area contributed by atoms with Crippen molar-refractivity contribution in [2.24, 2.45) is 0 Å². The molecule has 0 radical (unpaired) electrons. The second-order valence-electron chi connectivity index (χ2n) is 4.22. The summed E-state index contributed by atoms with van der Waals surface area (Å²) in [5, 5.41) is 0. The summed E-state index contributed by atoms with van der Waals surface area (Å²) in [7, 11) is 2.23. The summed E-state index contributed by atoms with van der Waals surface area (Å²) >= 11 is 0. The first-order valence-corrected chi connectivity index (χ1v) is 5.40. The van der Waals surface area contributed by atoms with Gasteiger partial charge in [0.2, 0.25) is 0 Å². The molecule has 1 saturated heterocycles. The molecule has 1 atom stereocenters. The Balaban J connectivity index is 2.25. The Labute approximate surface area is 86.0 Å². The van der Waals surface area contributed by atoms with Gasteiger partial charge in [-0.3, -0.25) is 9.88 Å². The Morgan fingerprint density at radius 1 is 1.43 bits per heavy atom. The smallest absolute Gasteiger partial charge is 0.0348 e. The molecule has 0 N–H and O–H groups in total. The van der Waals surface area contributed by atoms with Crippen molar-refractivity contribution in [2.75, 3.05) is 13.6 Å². The van der Waals surface area contributed by atoms with Gasteiger partial charge in [0.05, 0.1) is 0 Å². The third-order valence-electron chi connectivity index (χ3n) is 3.19. The summed E-state index contributed by atoms with van der Waals surface area (Å²) in [4.78, 5) is 6.61. The molecule has 1 aliphatic rings. The summed E-state index contributed by atoms with van der Waals surface area (Å²) in [5.74, 6) is 0. The van der Waals surface area contributed by atoms with Crippen molar-refractivity contribution in [3.05, 3.63) is 29.6 Å². The standard InChI is InChI=1S/C12H18N2/c1-10-9-13-7-6-11(10)12-5-3-4-8-14(12)2/h6-7,9,12H,3-5,8H2,1-2H3/t12-/m0/s1. The molecular formula is C12H18N2. The Bertz CT molecular complexity index is 309. The van der Waals surface area contributed by atoms with Crippen LogP contribution >= 0.6 is 0 Å². The van der Waals surface area contributed by atoms with E-state index in [0.717, 1.165) is 0 Å². The minimum Gasteiger partial charge on any atom is -0.299 e. The molecule has 2 heterocycles. The minimum absolute atomic E-state index is 0.617. The van der Waals surface area contributed by atoms with Crippen molar-refractivity contribution in [3.63, 3.8) is 0 Å². The third kappa shape index (κ3) is 1.80. The molecule has 1 aliphatic heterocycles. The van der Waals surface area contributed by atoms with E-state index in [4.69, 9.17) is 0 Å². The van der Waals surface area contributed by atoms with Crippen molar-refractivity contribution < 1.29 is 0 Å². The van der Waals surface area contributed by atoms with Crippen LogP contribution in [0.4, 0.5) is 0 Å². The number of hydrogen-bond acceptors (Lipinski definition) is 2. The van der Waals surface area contributed by atoms with Crippen LogP contribution in [-0.4, -0.2) is 23.5 Å². The fourth-order valence-corrected chi connectivity index (χ4v) is 2.33. The zero-order valence-electron chi connectivity index (χ0n) is 9.03.